The van der Waals surface area contributed by atoms with Gasteiger partial charge in [-0.15, -0.1) is 0 Å². The predicted octanol–water partition coefficient (Wildman–Crippen LogP) is 2.56. The summed E-state index contributed by atoms with van der Waals surface area (Å²) in [6.45, 7) is 1.35. The minimum absolute atomic E-state index is 0.00791. The molecular weight excluding hydrogens is 315 g/mol. The van der Waals surface area contributed by atoms with Crippen molar-refractivity contribution in [3.05, 3.63) is 48.3 Å². The fraction of sp³-hybridized carbons (Fsp3) is 0.176. The number of hydrogen-bond acceptors (Lipinski definition) is 4. The summed E-state index contributed by atoms with van der Waals surface area (Å²) in [4.78, 5) is 23.4. The summed E-state index contributed by atoms with van der Waals surface area (Å²) in [5, 5.41) is 4.98. The maximum absolute atomic E-state index is 13.6. The Bertz CT molecular complexity index is 794. The number of carbonyl (C=O) groups is 2. The van der Waals surface area contributed by atoms with Crippen LogP contribution in [0.25, 0.3) is 0 Å². The minimum atomic E-state index is -0.825. The average molecular weight is 330 g/mol. The molecule has 2 N–H and O–H groups in total. The summed E-state index contributed by atoms with van der Waals surface area (Å²) in [6, 6.07) is 11.0. The Hall–Kier alpha value is -3.09. The van der Waals surface area contributed by atoms with E-state index in [4.69, 9.17) is 9.47 Å². The number of anilines is 2. The maximum Gasteiger partial charge on any atom is 0.269 e. The van der Waals surface area contributed by atoms with Gasteiger partial charge in [-0.05, 0) is 30.3 Å². The number of halogens is 1. The van der Waals surface area contributed by atoms with Gasteiger partial charge in [0.15, 0.2) is 11.5 Å². The van der Waals surface area contributed by atoms with Crippen LogP contribution in [0.4, 0.5) is 15.8 Å². The zero-order valence-electron chi connectivity index (χ0n) is 12.8. The second-order valence-electron chi connectivity index (χ2n) is 5.23. The molecule has 0 saturated carbocycles. The van der Waals surface area contributed by atoms with Gasteiger partial charge in [0, 0.05) is 12.6 Å². The van der Waals surface area contributed by atoms with Gasteiger partial charge in [-0.2, -0.15) is 0 Å². The fourth-order valence-electron chi connectivity index (χ4n) is 2.26. The number of carbonyl (C=O) groups excluding carboxylic acids is 2. The van der Waals surface area contributed by atoms with Crippen molar-refractivity contribution in [1.82, 2.24) is 0 Å². The second kappa shape index (κ2) is 6.57. The van der Waals surface area contributed by atoms with Crippen LogP contribution in [0.5, 0.6) is 11.5 Å². The number of benzene rings is 2. The molecule has 0 aliphatic carbocycles. The van der Waals surface area contributed by atoms with Crippen molar-refractivity contribution < 1.29 is 23.5 Å². The van der Waals surface area contributed by atoms with E-state index in [1.54, 1.807) is 18.2 Å². The van der Waals surface area contributed by atoms with Gasteiger partial charge >= 0.3 is 0 Å². The first kappa shape index (κ1) is 15.8. The van der Waals surface area contributed by atoms with Crippen LogP contribution in [0.2, 0.25) is 0 Å². The van der Waals surface area contributed by atoms with E-state index in [-0.39, 0.29) is 12.3 Å². The van der Waals surface area contributed by atoms with Crippen LogP contribution >= 0.6 is 0 Å². The highest BCUT2D eigenvalue weighted by Gasteiger charge is 2.27. The van der Waals surface area contributed by atoms with Crippen LogP contribution in [-0.4, -0.2) is 24.5 Å². The molecule has 0 bridgehead atoms. The highest BCUT2D eigenvalue weighted by atomic mass is 19.1. The van der Waals surface area contributed by atoms with Crippen molar-refractivity contribution >= 4 is 23.2 Å². The fourth-order valence-corrected chi connectivity index (χ4v) is 2.26. The SMILES string of the molecule is CC(=O)Nc1cc(NC(=O)C2COc3ccccc3O2)ccc1F. The molecule has 0 aromatic heterocycles. The normalized spacial score (nSPS) is 15.5. The molecule has 1 unspecified atom stereocenters. The van der Waals surface area contributed by atoms with Gasteiger partial charge in [0.05, 0.1) is 5.69 Å². The monoisotopic (exact) mass is 330 g/mol. The first-order valence-corrected chi connectivity index (χ1v) is 7.29. The van der Waals surface area contributed by atoms with E-state index in [0.29, 0.717) is 17.2 Å². The molecule has 24 heavy (non-hydrogen) atoms. The van der Waals surface area contributed by atoms with Crippen molar-refractivity contribution in [2.45, 2.75) is 13.0 Å². The standard InChI is InChI=1S/C17H15FN2O4/c1-10(21)19-13-8-11(6-7-12(13)18)20-17(22)16-9-23-14-4-2-3-5-15(14)24-16/h2-8,16H,9H2,1H3,(H,19,21)(H,20,22). The van der Waals surface area contributed by atoms with E-state index in [2.05, 4.69) is 10.6 Å². The lowest BCUT2D eigenvalue weighted by Crippen LogP contribution is -2.40. The molecule has 124 valence electrons. The second-order valence-corrected chi connectivity index (χ2v) is 5.23. The first-order valence-electron chi connectivity index (χ1n) is 7.29. The minimum Gasteiger partial charge on any atom is -0.485 e. The van der Waals surface area contributed by atoms with Crippen LogP contribution in [0.1, 0.15) is 6.92 Å². The van der Waals surface area contributed by atoms with Crippen LogP contribution in [0, 0.1) is 5.82 Å². The largest absolute Gasteiger partial charge is 0.485 e. The molecule has 2 amide bonds. The highest BCUT2D eigenvalue weighted by Crippen LogP contribution is 2.31. The zero-order valence-corrected chi connectivity index (χ0v) is 12.8. The lowest BCUT2D eigenvalue weighted by Gasteiger charge is -2.25. The highest BCUT2D eigenvalue weighted by molar-refractivity contribution is 5.96. The topological polar surface area (TPSA) is 76.7 Å². The van der Waals surface area contributed by atoms with Gasteiger partial charge in [-0.25, -0.2) is 4.39 Å². The molecule has 0 radical (unpaired) electrons. The number of amides is 2. The third-order valence-electron chi connectivity index (χ3n) is 3.35. The van der Waals surface area contributed by atoms with Gasteiger partial charge in [0.25, 0.3) is 5.91 Å². The zero-order chi connectivity index (χ0) is 17.1. The molecule has 1 atom stereocenters. The number of para-hydroxylation sites is 2. The first-order chi connectivity index (χ1) is 11.5. The van der Waals surface area contributed by atoms with Crippen LogP contribution in [0.15, 0.2) is 42.5 Å². The molecule has 2 aromatic carbocycles. The number of hydrogen-bond donors (Lipinski definition) is 2. The van der Waals surface area contributed by atoms with E-state index in [1.165, 1.54) is 19.1 Å². The van der Waals surface area contributed by atoms with Gasteiger partial charge in [-0.1, -0.05) is 12.1 Å². The van der Waals surface area contributed by atoms with Crippen molar-refractivity contribution in [2.24, 2.45) is 0 Å². The summed E-state index contributed by atoms with van der Waals surface area (Å²) < 4.78 is 24.7. The van der Waals surface area contributed by atoms with Gasteiger partial charge in [0.1, 0.15) is 12.4 Å². The van der Waals surface area contributed by atoms with E-state index < -0.39 is 23.7 Å². The van der Waals surface area contributed by atoms with E-state index >= 15 is 0 Å². The van der Waals surface area contributed by atoms with E-state index in [0.717, 1.165) is 6.07 Å². The van der Waals surface area contributed by atoms with Crippen LogP contribution in [0.3, 0.4) is 0 Å². The number of fused-ring (bicyclic) bond motifs is 1. The molecule has 0 fully saturated rings. The average Bonchev–Trinajstić information content (AvgIpc) is 2.57. The Morgan fingerprint density at radius 1 is 1.12 bits per heavy atom. The molecule has 2 aromatic rings. The van der Waals surface area contributed by atoms with Gasteiger partial charge < -0.3 is 20.1 Å². The molecule has 7 heteroatoms. The summed E-state index contributed by atoms with van der Waals surface area (Å²) >= 11 is 0. The summed E-state index contributed by atoms with van der Waals surface area (Å²) in [6.07, 6.45) is -0.825. The Morgan fingerprint density at radius 2 is 1.88 bits per heavy atom. The van der Waals surface area contributed by atoms with Crippen molar-refractivity contribution in [3.63, 3.8) is 0 Å². The molecular formula is C17H15FN2O4. The Morgan fingerprint density at radius 3 is 2.62 bits per heavy atom. The molecule has 6 nitrogen and oxygen atoms in total. The van der Waals surface area contributed by atoms with Crippen LogP contribution in [-0.2, 0) is 9.59 Å². The Balaban J connectivity index is 1.70. The van der Waals surface area contributed by atoms with Crippen molar-refractivity contribution in [2.75, 3.05) is 17.2 Å². The number of rotatable bonds is 3. The van der Waals surface area contributed by atoms with Crippen molar-refractivity contribution in [3.8, 4) is 11.5 Å². The van der Waals surface area contributed by atoms with Crippen molar-refractivity contribution in [1.29, 1.82) is 0 Å². The molecule has 3 rings (SSSR count). The quantitative estimate of drug-likeness (QED) is 0.907. The Kier molecular flexibility index (Phi) is 4.33. The van der Waals surface area contributed by atoms with E-state index in [1.807, 2.05) is 6.07 Å². The summed E-state index contributed by atoms with van der Waals surface area (Å²) in [7, 11) is 0. The molecule has 0 saturated heterocycles. The molecule has 1 aliphatic heterocycles. The lowest BCUT2D eigenvalue weighted by atomic mass is 10.2. The third kappa shape index (κ3) is 3.45. The molecule has 1 aliphatic rings. The lowest BCUT2D eigenvalue weighted by molar-refractivity contribution is -0.125. The summed E-state index contributed by atoms with van der Waals surface area (Å²) in [5.74, 6) is -0.351. The van der Waals surface area contributed by atoms with E-state index in [9.17, 15) is 14.0 Å². The van der Waals surface area contributed by atoms with Gasteiger partial charge in [0.2, 0.25) is 12.0 Å². The molecule has 0 spiro atoms. The maximum atomic E-state index is 13.6. The number of ether oxygens (including phenoxy) is 2. The van der Waals surface area contributed by atoms with Crippen LogP contribution < -0.4 is 20.1 Å². The number of nitrogens with one attached hydrogen (secondary N) is 2. The molecule has 1 heterocycles. The predicted molar refractivity (Wildman–Crippen MR) is 85.7 cm³/mol. The van der Waals surface area contributed by atoms with Gasteiger partial charge in [-0.3, -0.25) is 9.59 Å². The Labute approximate surface area is 137 Å². The summed E-state index contributed by atoms with van der Waals surface area (Å²) in [5.41, 5.74) is 0.332. The third-order valence-corrected chi connectivity index (χ3v) is 3.35. The smallest absolute Gasteiger partial charge is 0.269 e.